The molecule has 208 valence electrons. The quantitative estimate of drug-likeness (QED) is 0.511. The number of ether oxygens (including phenoxy) is 1. The number of benzene rings is 1. The molecule has 0 bridgehead atoms. The van der Waals surface area contributed by atoms with Crippen LogP contribution in [0.5, 0.6) is 0 Å². The summed E-state index contributed by atoms with van der Waals surface area (Å²) < 4.78 is 67.9. The van der Waals surface area contributed by atoms with E-state index >= 15 is 0 Å². The van der Waals surface area contributed by atoms with Gasteiger partial charge in [-0.25, -0.2) is 8.42 Å². The number of hydrogen-bond acceptors (Lipinski definition) is 6. The Labute approximate surface area is 221 Å². The number of rotatable bonds is 8. The highest BCUT2D eigenvalue weighted by Gasteiger charge is 2.43. The van der Waals surface area contributed by atoms with E-state index in [4.69, 9.17) is 4.74 Å². The molecule has 38 heavy (non-hydrogen) atoms. The minimum absolute atomic E-state index is 0.00879. The van der Waals surface area contributed by atoms with Gasteiger partial charge in [0.2, 0.25) is 0 Å². The molecule has 1 aromatic heterocycles. The van der Waals surface area contributed by atoms with Crippen LogP contribution in [0.3, 0.4) is 0 Å². The number of hydrogen-bond donors (Lipinski definition) is 1. The number of aromatic nitrogens is 1. The molecule has 1 saturated heterocycles. The number of amides is 1. The summed E-state index contributed by atoms with van der Waals surface area (Å²) in [5, 5.41) is 2.83. The van der Waals surface area contributed by atoms with Crippen LogP contribution in [0, 0.1) is 11.8 Å². The lowest BCUT2D eigenvalue weighted by Crippen LogP contribution is -2.41. The number of pyridine rings is 1. The first-order valence-corrected chi connectivity index (χ1v) is 14.5. The maximum absolute atomic E-state index is 13.0. The van der Waals surface area contributed by atoms with Crippen molar-refractivity contribution in [1.29, 1.82) is 0 Å². The topological polar surface area (TPSA) is 88.6 Å². The molecule has 2 aliphatic rings. The predicted molar refractivity (Wildman–Crippen MR) is 136 cm³/mol. The normalized spacial score (nSPS) is 22.4. The molecule has 1 amide bonds. The molecule has 0 spiro atoms. The van der Waals surface area contributed by atoms with Crippen LogP contribution in [0.15, 0.2) is 41.4 Å². The van der Waals surface area contributed by atoms with E-state index in [1.807, 2.05) is 12.1 Å². The second-order valence-corrected chi connectivity index (χ2v) is 12.7. The average Bonchev–Trinajstić information content (AvgIpc) is 3.24. The van der Waals surface area contributed by atoms with E-state index in [2.05, 4.69) is 29.0 Å². The van der Waals surface area contributed by atoms with Crippen LogP contribution >= 0.6 is 0 Å². The summed E-state index contributed by atoms with van der Waals surface area (Å²) in [5.74, 6) is 0.0378. The molecule has 0 radical (unpaired) electrons. The van der Waals surface area contributed by atoms with Gasteiger partial charge >= 0.3 is 6.18 Å². The second kappa shape index (κ2) is 11.3. The third-order valence-electron chi connectivity index (χ3n) is 7.32. The third-order valence-corrected chi connectivity index (χ3v) is 9.04. The molecule has 1 aromatic carbocycles. The molecule has 3 heterocycles. The molecule has 7 nitrogen and oxygen atoms in total. The fourth-order valence-electron chi connectivity index (χ4n) is 5.32. The van der Waals surface area contributed by atoms with Crippen LogP contribution in [0.25, 0.3) is 0 Å². The Bertz CT molecular complexity index is 1240. The lowest BCUT2D eigenvalue weighted by Gasteiger charge is -2.35. The number of halogens is 3. The second-order valence-electron chi connectivity index (χ2n) is 10.4. The van der Waals surface area contributed by atoms with E-state index in [0.29, 0.717) is 30.8 Å². The molecule has 3 atom stereocenters. The van der Waals surface area contributed by atoms with Gasteiger partial charge in [0.15, 0.2) is 15.9 Å². The van der Waals surface area contributed by atoms with E-state index in [-0.39, 0.29) is 54.0 Å². The summed E-state index contributed by atoms with van der Waals surface area (Å²) in [6, 6.07) is 8.82. The predicted octanol–water partition coefficient (Wildman–Crippen LogP) is 4.68. The molecular weight excluding hydrogens is 519 g/mol. The number of fused-ring (bicyclic) bond motifs is 1. The van der Waals surface area contributed by atoms with E-state index < -0.39 is 22.1 Å². The van der Waals surface area contributed by atoms with Crippen molar-refractivity contribution in [1.82, 2.24) is 15.2 Å². The molecule has 1 N–H and O–H groups in total. The molecular formula is C27H34F3N3O4S. The summed E-state index contributed by atoms with van der Waals surface area (Å²) in [5.41, 5.74) is 3.22. The molecule has 0 aliphatic carbocycles. The van der Waals surface area contributed by atoms with Gasteiger partial charge in [0.1, 0.15) is 0 Å². The van der Waals surface area contributed by atoms with E-state index in [0.717, 1.165) is 11.1 Å². The minimum atomic E-state index is -4.32. The van der Waals surface area contributed by atoms with Gasteiger partial charge in [-0.2, -0.15) is 13.2 Å². The Hall–Kier alpha value is -2.50. The third kappa shape index (κ3) is 6.38. The number of nitrogens with zero attached hydrogens (tertiary/aromatic N) is 2. The van der Waals surface area contributed by atoms with E-state index in [1.54, 1.807) is 19.1 Å². The van der Waals surface area contributed by atoms with Crippen LogP contribution in [-0.2, 0) is 27.7 Å². The van der Waals surface area contributed by atoms with Crippen molar-refractivity contribution in [3.63, 3.8) is 0 Å². The maximum Gasteiger partial charge on any atom is 0.414 e. The van der Waals surface area contributed by atoms with Gasteiger partial charge in [-0.3, -0.25) is 14.7 Å². The monoisotopic (exact) mass is 553 g/mol. The number of nitrogens with one attached hydrogen (secondary N) is 1. The Morgan fingerprint density at radius 2 is 1.97 bits per heavy atom. The molecule has 11 heteroatoms. The van der Waals surface area contributed by atoms with E-state index in [9.17, 15) is 26.4 Å². The standard InChI is InChI=1S/C27H34F3N3O4S/c1-4-38(35,36)22-8-7-21(31-13-22)12-32-26(34)19-6-9-23-20(11-19)15-33(25(23)17(2)3)14-18-5-10-24(37-16-18)27(28,29)30/h6-9,11,13,17-18,24-25H,4-5,10,12,14-16H2,1-3H3,(H,32,34)/t18?,24-,25?/m0/s1. The first-order chi connectivity index (χ1) is 17.9. The van der Waals surface area contributed by atoms with Crippen molar-refractivity contribution in [2.75, 3.05) is 18.9 Å². The molecule has 1 fully saturated rings. The van der Waals surface area contributed by atoms with Gasteiger partial charge in [0, 0.05) is 30.9 Å². The van der Waals surface area contributed by atoms with Crippen molar-refractivity contribution in [2.24, 2.45) is 11.8 Å². The largest absolute Gasteiger partial charge is 0.414 e. The van der Waals surface area contributed by atoms with Crippen LogP contribution in [0.1, 0.15) is 66.8 Å². The molecule has 0 saturated carbocycles. The van der Waals surface area contributed by atoms with Crippen LogP contribution in [0.4, 0.5) is 13.2 Å². The number of carbonyl (C=O) groups excluding carboxylic acids is 1. The van der Waals surface area contributed by atoms with Crippen LogP contribution < -0.4 is 5.32 Å². The molecule has 4 rings (SSSR count). The summed E-state index contributed by atoms with van der Waals surface area (Å²) in [6.45, 7) is 7.31. The Kier molecular flexibility index (Phi) is 8.49. The van der Waals surface area contributed by atoms with Crippen LogP contribution in [-0.4, -0.2) is 55.4 Å². The van der Waals surface area contributed by atoms with Gasteiger partial charge in [-0.1, -0.05) is 26.8 Å². The first-order valence-electron chi connectivity index (χ1n) is 12.9. The zero-order valence-electron chi connectivity index (χ0n) is 21.8. The summed E-state index contributed by atoms with van der Waals surface area (Å²) in [6.07, 6.45) is -4.24. The first kappa shape index (κ1) is 28.5. The fourth-order valence-corrected chi connectivity index (χ4v) is 6.15. The SMILES string of the molecule is CCS(=O)(=O)c1ccc(CNC(=O)c2ccc3c(c2)CN(CC2CC[C@@H](C(F)(F)F)OC2)C3C(C)C)nc1. The Balaban J connectivity index is 1.38. The van der Waals surface area contributed by atoms with Crippen molar-refractivity contribution in [3.8, 4) is 0 Å². The van der Waals surface area contributed by atoms with Crippen LogP contribution in [0.2, 0.25) is 0 Å². The number of alkyl halides is 3. The van der Waals surface area contributed by atoms with Crippen molar-refractivity contribution >= 4 is 15.7 Å². The molecule has 2 aromatic rings. The van der Waals surface area contributed by atoms with Crippen molar-refractivity contribution < 1.29 is 31.1 Å². The Morgan fingerprint density at radius 3 is 2.55 bits per heavy atom. The maximum atomic E-state index is 13.0. The van der Waals surface area contributed by atoms with E-state index in [1.165, 1.54) is 12.3 Å². The minimum Gasteiger partial charge on any atom is -0.368 e. The van der Waals surface area contributed by atoms with Gasteiger partial charge in [-0.15, -0.1) is 0 Å². The lowest BCUT2D eigenvalue weighted by atomic mass is 9.93. The summed E-state index contributed by atoms with van der Waals surface area (Å²) in [4.78, 5) is 19.5. The number of carbonyl (C=O) groups is 1. The molecule has 2 unspecified atom stereocenters. The van der Waals surface area contributed by atoms with Gasteiger partial charge < -0.3 is 10.1 Å². The smallest absolute Gasteiger partial charge is 0.368 e. The Morgan fingerprint density at radius 1 is 1.21 bits per heavy atom. The number of sulfone groups is 1. The van der Waals surface area contributed by atoms with Gasteiger partial charge in [0.05, 0.1) is 29.5 Å². The summed E-state index contributed by atoms with van der Waals surface area (Å²) in [7, 11) is -3.33. The highest BCUT2D eigenvalue weighted by Crippen LogP contribution is 2.41. The average molecular weight is 554 g/mol. The van der Waals surface area contributed by atoms with Crippen molar-refractivity contribution in [2.45, 2.75) is 69.9 Å². The molecule has 2 aliphatic heterocycles. The zero-order chi connectivity index (χ0) is 27.7. The lowest BCUT2D eigenvalue weighted by molar-refractivity contribution is -0.236. The van der Waals surface area contributed by atoms with Gasteiger partial charge in [-0.05, 0) is 60.1 Å². The van der Waals surface area contributed by atoms with Gasteiger partial charge in [0.25, 0.3) is 5.91 Å². The zero-order valence-corrected chi connectivity index (χ0v) is 22.6. The highest BCUT2D eigenvalue weighted by molar-refractivity contribution is 7.91. The van der Waals surface area contributed by atoms with Crippen molar-refractivity contribution in [3.05, 3.63) is 58.9 Å². The fraction of sp³-hybridized carbons (Fsp3) is 0.556. The highest BCUT2D eigenvalue weighted by atomic mass is 32.2. The summed E-state index contributed by atoms with van der Waals surface area (Å²) >= 11 is 0.